The molecule has 0 amide bonds. The van der Waals surface area contributed by atoms with Gasteiger partial charge in [0, 0.05) is 5.75 Å². The molecule has 0 aromatic heterocycles. The number of carbonyl (C=O) groups is 2. The fraction of sp³-hybridized carbons (Fsp3) is 0.778. The van der Waals surface area contributed by atoms with E-state index in [1.165, 1.54) is 0 Å². The van der Waals surface area contributed by atoms with Gasteiger partial charge in [-0.15, -0.1) is 0 Å². The highest BCUT2D eigenvalue weighted by Crippen LogP contribution is 2.09. The number of hydrogen-bond acceptors (Lipinski definition) is 6. The molecular weight excluding hydrogens is 236 g/mol. The highest BCUT2D eigenvalue weighted by Gasteiger charge is 2.28. The van der Waals surface area contributed by atoms with Crippen molar-refractivity contribution in [3.63, 3.8) is 0 Å². The zero-order valence-corrected chi connectivity index (χ0v) is 10.1. The molecule has 94 valence electrons. The molecule has 0 spiro atoms. The molecule has 7 heteroatoms. The van der Waals surface area contributed by atoms with Gasteiger partial charge in [0.15, 0.2) is 5.92 Å². The van der Waals surface area contributed by atoms with Gasteiger partial charge in [-0.05, 0) is 20.3 Å². The second-order valence-electron chi connectivity index (χ2n) is 2.85. The first kappa shape index (κ1) is 15.0. The van der Waals surface area contributed by atoms with Crippen molar-refractivity contribution in [3.05, 3.63) is 0 Å². The van der Waals surface area contributed by atoms with Gasteiger partial charge in [0.1, 0.15) is 0 Å². The van der Waals surface area contributed by atoms with Crippen molar-refractivity contribution >= 4 is 23.0 Å². The van der Waals surface area contributed by atoms with Crippen molar-refractivity contribution in [2.45, 2.75) is 20.3 Å². The standard InChI is InChI=1S/C9H16O6S/c1-3-14-8(10)7(5-6-16(12)13)9(11)15-4-2/h7H,3-6H2,1-2H3,(H,12,13)/p-1. The lowest BCUT2D eigenvalue weighted by Gasteiger charge is -2.14. The third kappa shape index (κ3) is 5.82. The predicted molar refractivity (Wildman–Crippen MR) is 55.2 cm³/mol. The summed E-state index contributed by atoms with van der Waals surface area (Å²) in [5.74, 6) is -2.92. The minimum absolute atomic E-state index is 0.117. The van der Waals surface area contributed by atoms with Gasteiger partial charge in [-0.1, -0.05) is 11.1 Å². The largest absolute Gasteiger partial charge is 0.772 e. The molecule has 16 heavy (non-hydrogen) atoms. The van der Waals surface area contributed by atoms with Crippen LogP contribution in [0.2, 0.25) is 0 Å². The molecular formula is C9H15O6S-. The lowest BCUT2D eigenvalue weighted by Crippen LogP contribution is -2.29. The SMILES string of the molecule is CCOC(=O)C(CCS(=O)[O-])C(=O)OCC. The summed E-state index contributed by atoms with van der Waals surface area (Å²) in [7, 11) is 0. The molecule has 0 aliphatic carbocycles. The second-order valence-corrected chi connectivity index (χ2v) is 3.87. The van der Waals surface area contributed by atoms with Crippen molar-refractivity contribution in [2.24, 2.45) is 5.92 Å². The average Bonchev–Trinajstić information content (AvgIpc) is 2.18. The second kappa shape index (κ2) is 8.23. The normalized spacial score (nSPS) is 12.2. The van der Waals surface area contributed by atoms with Crippen LogP contribution in [0.4, 0.5) is 0 Å². The Morgan fingerprint density at radius 1 is 1.19 bits per heavy atom. The van der Waals surface area contributed by atoms with Crippen molar-refractivity contribution in [3.8, 4) is 0 Å². The lowest BCUT2D eigenvalue weighted by molar-refractivity contribution is -0.161. The highest BCUT2D eigenvalue weighted by molar-refractivity contribution is 7.79. The third-order valence-electron chi connectivity index (χ3n) is 1.72. The molecule has 0 fully saturated rings. The van der Waals surface area contributed by atoms with Crippen LogP contribution in [-0.2, 0) is 30.1 Å². The first-order valence-electron chi connectivity index (χ1n) is 4.92. The summed E-state index contributed by atoms with van der Waals surface area (Å²) in [6, 6.07) is 0. The van der Waals surface area contributed by atoms with Crippen LogP contribution in [0.5, 0.6) is 0 Å². The smallest absolute Gasteiger partial charge is 0.320 e. The van der Waals surface area contributed by atoms with Crippen LogP contribution in [0.1, 0.15) is 20.3 Å². The Morgan fingerprint density at radius 2 is 1.62 bits per heavy atom. The average molecular weight is 251 g/mol. The van der Waals surface area contributed by atoms with E-state index in [2.05, 4.69) is 9.47 Å². The van der Waals surface area contributed by atoms with Crippen molar-refractivity contribution < 1.29 is 27.8 Å². The Hall–Kier alpha value is -0.950. The molecule has 0 rings (SSSR count). The Morgan fingerprint density at radius 3 is 1.94 bits per heavy atom. The Balaban J connectivity index is 4.42. The summed E-state index contributed by atoms with van der Waals surface area (Å²) < 4.78 is 30.0. The molecule has 6 nitrogen and oxygen atoms in total. The first-order valence-corrected chi connectivity index (χ1v) is 6.16. The van der Waals surface area contributed by atoms with Crippen molar-refractivity contribution in [1.29, 1.82) is 0 Å². The van der Waals surface area contributed by atoms with E-state index >= 15 is 0 Å². The van der Waals surface area contributed by atoms with Crippen LogP contribution < -0.4 is 0 Å². The maximum absolute atomic E-state index is 11.3. The fourth-order valence-corrected chi connectivity index (χ4v) is 1.46. The van der Waals surface area contributed by atoms with E-state index in [0.29, 0.717) is 0 Å². The Labute approximate surface area is 96.6 Å². The molecule has 0 aliphatic rings. The molecule has 0 saturated carbocycles. The number of ether oxygens (including phenoxy) is 2. The summed E-state index contributed by atoms with van der Waals surface area (Å²) in [6.07, 6.45) is -0.117. The molecule has 1 unspecified atom stereocenters. The summed E-state index contributed by atoms with van der Waals surface area (Å²) in [6.45, 7) is 3.47. The van der Waals surface area contributed by atoms with Crippen LogP contribution in [-0.4, -0.2) is 39.7 Å². The van der Waals surface area contributed by atoms with Gasteiger partial charge in [0.2, 0.25) is 0 Å². The minimum Gasteiger partial charge on any atom is -0.772 e. The molecule has 0 N–H and O–H groups in total. The van der Waals surface area contributed by atoms with Gasteiger partial charge in [-0.2, -0.15) is 0 Å². The number of esters is 2. The van der Waals surface area contributed by atoms with Gasteiger partial charge in [0.05, 0.1) is 13.2 Å². The minimum atomic E-state index is -2.29. The molecule has 0 aromatic carbocycles. The third-order valence-corrected chi connectivity index (χ3v) is 2.28. The lowest BCUT2D eigenvalue weighted by atomic mass is 10.1. The summed E-state index contributed by atoms with van der Waals surface area (Å²) >= 11 is -2.29. The van der Waals surface area contributed by atoms with E-state index in [1.54, 1.807) is 13.8 Å². The number of hydrogen-bond donors (Lipinski definition) is 0. The molecule has 0 heterocycles. The van der Waals surface area contributed by atoms with Crippen LogP contribution in [0, 0.1) is 5.92 Å². The van der Waals surface area contributed by atoms with Gasteiger partial charge < -0.3 is 14.0 Å². The Kier molecular flexibility index (Phi) is 7.74. The van der Waals surface area contributed by atoms with Gasteiger partial charge in [-0.25, -0.2) is 0 Å². The van der Waals surface area contributed by atoms with Crippen LogP contribution in [0.15, 0.2) is 0 Å². The monoisotopic (exact) mass is 251 g/mol. The van der Waals surface area contributed by atoms with E-state index in [9.17, 15) is 18.4 Å². The van der Waals surface area contributed by atoms with E-state index in [1.807, 2.05) is 0 Å². The van der Waals surface area contributed by atoms with Crippen LogP contribution in [0.3, 0.4) is 0 Å². The van der Waals surface area contributed by atoms with E-state index < -0.39 is 28.9 Å². The van der Waals surface area contributed by atoms with Gasteiger partial charge >= 0.3 is 11.9 Å². The van der Waals surface area contributed by atoms with Gasteiger partial charge in [-0.3, -0.25) is 13.8 Å². The van der Waals surface area contributed by atoms with E-state index in [4.69, 9.17) is 0 Å². The summed E-state index contributed by atoms with van der Waals surface area (Å²) in [4.78, 5) is 22.7. The zero-order chi connectivity index (χ0) is 12.6. The predicted octanol–water partition coefficient (Wildman–Crippen LogP) is -0.00200. The molecule has 0 bridgehead atoms. The topological polar surface area (TPSA) is 92.7 Å². The Bertz CT molecular complexity index is 247. The van der Waals surface area contributed by atoms with Gasteiger partial charge in [0.25, 0.3) is 0 Å². The molecule has 0 aromatic rings. The maximum Gasteiger partial charge on any atom is 0.320 e. The molecule has 0 aliphatic heterocycles. The zero-order valence-electron chi connectivity index (χ0n) is 9.26. The maximum atomic E-state index is 11.3. The van der Waals surface area contributed by atoms with Crippen LogP contribution in [0.25, 0.3) is 0 Å². The van der Waals surface area contributed by atoms with Crippen molar-refractivity contribution in [1.82, 2.24) is 0 Å². The molecule has 0 radical (unpaired) electrons. The van der Waals surface area contributed by atoms with Crippen molar-refractivity contribution in [2.75, 3.05) is 19.0 Å². The number of carbonyl (C=O) groups excluding carboxylic acids is 2. The molecule has 0 saturated heterocycles. The summed E-state index contributed by atoms with van der Waals surface area (Å²) in [5, 5.41) is 0. The van der Waals surface area contributed by atoms with E-state index in [0.717, 1.165) is 0 Å². The molecule has 1 atom stereocenters. The number of rotatable bonds is 7. The quantitative estimate of drug-likeness (QED) is 0.359. The first-order chi connectivity index (χ1) is 7.52. The van der Waals surface area contributed by atoms with E-state index in [-0.39, 0.29) is 25.4 Å². The highest BCUT2D eigenvalue weighted by atomic mass is 32.2. The van der Waals surface area contributed by atoms with Crippen LogP contribution >= 0.6 is 0 Å². The summed E-state index contributed by atoms with van der Waals surface area (Å²) in [5.41, 5.74) is 0. The fourth-order valence-electron chi connectivity index (χ4n) is 1.03.